The molecule has 0 aliphatic rings. The maximum Gasteiger partial charge on any atom is 0.313 e. The number of H-pyrrole nitrogens is 1. The largest absolute Gasteiger partial charge is 0.469 e. The van der Waals surface area contributed by atoms with Crippen LogP contribution in [0.2, 0.25) is 0 Å². The number of aromatic nitrogens is 2. The molecule has 0 fully saturated rings. The van der Waals surface area contributed by atoms with E-state index in [2.05, 4.69) is 14.7 Å². The SMILES string of the molecule is COC(=O)Cc1nc2c(S(C)(=O)=O)cccc2[nH]1. The van der Waals surface area contributed by atoms with Crippen LogP contribution in [0.15, 0.2) is 23.1 Å². The monoisotopic (exact) mass is 268 g/mol. The molecule has 1 heterocycles. The molecule has 96 valence electrons. The van der Waals surface area contributed by atoms with Gasteiger partial charge in [-0.1, -0.05) is 6.07 Å². The summed E-state index contributed by atoms with van der Waals surface area (Å²) >= 11 is 0. The van der Waals surface area contributed by atoms with Gasteiger partial charge in [-0.3, -0.25) is 4.79 Å². The first-order valence-electron chi connectivity index (χ1n) is 5.16. The fraction of sp³-hybridized carbons (Fsp3) is 0.273. The summed E-state index contributed by atoms with van der Waals surface area (Å²) in [6.07, 6.45) is 1.10. The molecular formula is C11H12N2O4S. The lowest BCUT2D eigenvalue weighted by molar-refractivity contribution is -0.139. The molecule has 18 heavy (non-hydrogen) atoms. The van der Waals surface area contributed by atoms with Crippen molar-refractivity contribution in [2.24, 2.45) is 0 Å². The zero-order valence-corrected chi connectivity index (χ0v) is 10.7. The highest BCUT2D eigenvalue weighted by molar-refractivity contribution is 7.91. The van der Waals surface area contributed by atoms with E-state index >= 15 is 0 Å². The second-order valence-electron chi connectivity index (χ2n) is 3.86. The van der Waals surface area contributed by atoms with Gasteiger partial charge in [0.1, 0.15) is 17.8 Å². The predicted octanol–water partition coefficient (Wildman–Crippen LogP) is 0.682. The van der Waals surface area contributed by atoms with Gasteiger partial charge in [0.25, 0.3) is 0 Å². The number of nitrogens with one attached hydrogen (secondary N) is 1. The summed E-state index contributed by atoms with van der Waals surface area (Å²) in [5, 5.41) is 0. The van der Waals surface area contributed by atoms with Crippen LogP contribution >= 0.6 is 0 Å². The van der Waals surface area contributed by atoms with Crippen LogP contribution in [0, 0.1) is 0 Å². The van der Waals surface area contributed by atoms with Gasteiger partial charge in [-0.25, -0.2) is 13.4 Å². The third kappa shape index (κ3) is 2.35. The molecule has 0 unspecified atom stereocenters. The summed E-state index contributed by atoms with van der Waals surface area (Å²) in [6, 6.07) is 4.82. The molecule has 1 aromatic heterocycles. The molecule has 2 rings (SSSR count). The van der Waals surface area contributed by atoms with Crippen molar-refractivity contribution in [3.8, 4) is 0 Å². The van der Waals surface area contributed by atoms with E-state index in [1.54, 1.807) is 12.1 Å². The highest BCUT2D eigenvalue weighted by Crippen LogP contribution is 2.21. The second-order valence-corrected chi connectivity index (χ2v) is 5.85. The van der Waals surface area contributed by atoms with E-state index in [0.29, 0.717) is 16.9 Å². The van der Waals surface area contributed by atoms with Crippen LogP contribution in [0.5, 0.6) is 0 Å². The Morgan fingerprint density at radius 2 is 2.17 bits per heavy atom. The molecule has 0 saturated carbocycles. The lowest BCUT2D eigenvalue weighted by atomic mass is 10.3. The first kappa shape index (κ1) is 12.6. The van der Waals surface area contributed by atoms with Crippen LogP contribution in [0.1, 0.15) is 5.82 Å². The van der Waals surface area contributed by atoms with Crippen LogP contribution in [-0.4, -0.2) is 37.7 Å². The van der Waals surface area contributed by atoms with Crippen molar-refractivity contribution < 1.29 is 17.9 Å². The summed E-state index contributed by atoms with van der Waals surface area (Å²) in [4.78, 5) is 18.3. The molecule has 1 aromatic carbocycles. The molecule has 0 aliphatic heterocycles. The van der Waals surface area contributed by atoms with Gasteiger partial charge in [-0.2, -0.15) is 0 Å². The molecule has 0 amide bonds. The average molecular weight is 268 g/mol. The number of rotatable bonds is 3. The van der Waals surface area contributed by atoms with E-state index < -0.39 is 15.8 Å². The molecule has 0 radical (unpaired) electrons. The van der Waals surface area contributed by atoms with Crippen LogP contribution in [-0.2, 0) is 25.8 Å². The Bertz CT molecular complexity index is 703. The number of hydrogen-bond donors (Lipinski definition) is 1. The highest BCUT2D eigenvalue weighted by Gasteiger charge is 2.16. The zero-order valence-electron chi connectivity index (χ0n) is 9.93. The van der Waals surface area contributed by atoms with Crippen molar-refractivity contribution in [1.82, 2.24) is 9.97 Å². The lowest BCUT2D eigenvalue weighted by Crippen LogP contribution is -2.05. The number of fused-ring (bicyclic) bond motifs is 1. The van der Waals surface area contributed by atoms with Gasteiger partial charge in [-0.05, 0) is 12.1 Å². The number of imidazole rings is 1. The van der Waals surface area contributed by atoms with Crippen molar-refractivity contribution in [1.29, 1.82) is 0 Å². The van der Waals surface area contributed by atoms with Crippen LogP contribution in [0.4, 0.5) is 0 Å². The Balaban J connectivity index is 2.55. The van der Waals surface area contributed by atoms with Crippen LogP contribution in [0.25, 0.3) is 11.0 Å². The Morgan fingerprint density at radius 3 is 2.78 bits per heavy atom. The van der Waals surface area contributed by atoms with Gasteiger partial charge < -0.3 is 9.72 Å². The summed E-state index contributed by atoms with van der Waals surface area (Å²) in [5.41, 5.74) is 0.927. The minimum atomic E-state index is -3.35. The molecule has 0 aliphatic carbocycles. The number of carbonyl (C=O) groups is 1. The summed E-state index contributed by atoms with van der Waals surface area (Å²) in [6.45, 7) is 0. The first-order valence-corrected chi connectivity index (χ1v) is 7.05. The summed E-state index contributed by atoms with van der Waals surface area (Å²) in [7, 11) is -2.06. The van der Waals surface area contributed by atoms with E-state index in [4.69, 9.17) is 0 Å². The van der Waals surface area contributed by atoms with Gasteiger partial charge in [-0.15, -0.1) is 0 Å². The number of para-hydroxylation sites is 1. The Labute approximate surface area is 104 Å². The lowest BCUT2D eigenvalue weighted by Gasteiger charge is -1.97. The Morgan fingerprint density at radius 1 is 1.44 bits per heavy atom. The van der Waals surface area contributed by atoms with E-state index in [-0.39, 0.29) is 11.3 Å². The molecule has 0 saturated heterocycles. The fourth-order valence-corrected chi connectivity index (χ4v) is 2.48. The van der Waals surface area contributed by atoms with E-state index in [1.165, 1.54) is 13.2 Å². The maximum atomic E-state index is 11.6. The number of carbonyl (C=O) groups excluding carboxylic acids is 1. The first-order chi connectivity index (χ1) is 8.41. The number of methoxy groups -OCH3 is 1. The third-order valence-electron chi connectivity index (χ3n) is 2.46. The van der Waals surface area contributed by atoms with E-state index in [0.717, 1.165) is 6.26 Å². The number of hydrogen-bond acceptors (Lipinski definition) is 5. The van der Waals surface area contributed by atoms with Crippen molar-refractivity contribution in [3.63, 3.8) is 0 Å². The Hall–Kier alpha value is -1.89. The molecule has 0 spiro atoms. The molecule has 6 nitrogen and oxygen atoms in total. The quantitative estimate of drug-likeness (QED) is 0.827. The van der Waals surface area contributed by atoms with Gasteiger partial charge in [0.15, 0.2) is 9.84 Å². The molecular weight excluding hydrogens is 256 g/mol. The van der Waals surface area contributed by atoms with Crippen LogP contribution in [0.3, 0.4) is 0 Å². The number of sulfone groups is 1. The molecule has 2 aromatic rings. The summed E-state index contributed by atoms with van der Waals surface area (Å²) in [5.74, 6) is -0.0529. The number of benzene rings is 1. The van der Waals surface area contributed by atoms with E-state index in [9.17, 15) is 13.2 Å². The average Bonchev–Trinajstić information content (AvgIpc) is 2.68. The third-order valence-corrected chi connectivity index (χ3v) is 3.59. The van der Waals surface area contributed by atoms with Gasteiger partial charge in [0, 0.05) is 6.26 Å². The van der Waals surface area contributed by atoms with Gasteiger partial charge >= 0.3 is 5.97 Å². The van der Waals surface area contributed by atoms with Crippen LogP contribution < -0.4 is 0 Å². The molecule has 1 N–H and O–H groups in total. The summed E-state index contributed by atoms with van der Waals surface area (Å²) < 4.78 is 27.7. The number of aromatic amines is 1. The van der Waals surface area contributed by atoms with Crippen molar-refractivity contribution in [2.75, 3.05) is 13.4 Å². The van der Waals surface area contributed by atoms with E-state index in [1.807, 2.05) is 0 Å². The molecule has 0 atom stereocenters. The molecule has 0 bridgehead atoms. The van der Waals surface area contributed by atoms with Gasteiger partial charge in [0.05, 0.1) is 17.5 Å². The Kier molecular flexibility index (Phi) is 3.08. The zero-order chi connectivity index (χ0) is 13.3. The van der Waals surface area contributed by atoms with Crippen molar-refractivity contribution in [2.45, 2.75) is 11.3 Å². The predicted molar refractivity (Wildman–Crippen MR) is 64.9 cm³/mol. The fourth-order valence-electron chi connectivity index (χ4n) is 1.65. The topological polar surface area (TPSA) is 89.1 Å². The van der Waals surface area contributed by atoms with Gasteiger partial charge in [0.2, 0.25) is 0 Å². The standard InChI is InChI=1S/C11H12N2O4S/c1-17-10(14)6-9-12-7-4-3-5-8(11(7)13-9)18(2,15)16/h3-5H,6H2,1-2H3,(H,12,13). The number of ether oxygens (including phenoxy) is 1. The maximum absolute atomic E-state index is 11.6. The van der Waals surface area contributed by atoms with Crippen molar-refractivity contribution >= 4 is 26.8 Å². The number of nitrogens with zero attached hydrogens (tertiary/aromatic N) is 1. The normalized spacial score (nSPS) is 11.7. The highest BCUT2D eigenvalue weighted by atomic mass is 32.2. The smallest absolute Gasteiger partial charge is 0.313 e. The molecule has 7 heteroatoms. The number of esters is 1. The minimum absolute atomic E-state index is 0.0195. The second kappa shape index (κ2) is 4.41. The minimum Gasteiger partial charge on any atom is -0.469 e. The van der Waals surface area contributed by atoms with Crippen molar-refractivity contribution in [3.05, 3.63) is 24.0 Å².